The number of hydrogen-bond donors (Lipinski definition) is 2. The zero-order valence-corrected chi connectivity index (χ0v) is 15.2. The summed E-state index contributed by atoms with van der Waals surface area (Å²) in [5.74, 6) is 1.40. The summed E-state index contributed by atoms with van der Waals surface area (Å²) in [5.41, 5.74) is 1.02. The van der Waals surface area contributed by atoms with Gasteiger partial charge in [-0.3, -0.25) is 15.2 Å². The van der Waals surface area contributed by atoms with Crippen LogP contribution in [0, 0.1) is 0 Å². The molecule has 1 aromatic carbocycles. The highest BCUT2D eigenvalue weighted by Gasteiger charge is 2.12. The van der Waals surface area contributed by atoms with Crippen molar-refractivity contribution < 1.29 is 18.7 Å². The van der Waals surface area contributed by atoms with Crippen LogP contribution < -0.4 is 10.1 Å². The number of rotatable bonds is 8. The second-order valence-electron chi connectivity index (χ2n) is 6.01. The van der Waals surface area contributed by atoms with Crippen LogP contribution in [-0.2, 0) is 16.1 Å². The van der Waals surface area contributed by atoms with Crippen LogP contribution in [-0.4, -0.2) is 46.0 Å². The quantitative estimate of drug-likeness (QED) is 0.486. The molecule has 0 bridgehead atoms. The summed E-state index contributed by atoms with van der Waals surface area (Å²) in [4.78, 5) is 16.4. The van der Waals surface area contributed by atoms with Crippen LogP contribution in [0.3, 0.4) is 0 Å². The van der Waals surface area contributed by atoms with Gasteiger partial charge in [-0.2, -0.15) is 4.98 Å². The van der Waals surface area contributed by atoms with Crippen molar-refractivity contribution in [2.75, 3.05) is 25.6 Å². The van der Waals surface area contributed by atoms with Gasteiger partial charge in [0.15, 0.2) is 18.2 Å². The number of ether oxygens (including phenoxy) is 2. The van der Waals surface area contributed by atoms with E-state index in [1.807, 2.05) is 30.5 Å². The van der Waals surface area contributed by atoms with Crippen LogP contribution >= 0.6 is 0 Å². The van der Waals surface area contributed by atoms with E-state index in [0.29, 0.717) is 23.9 Å². The molecule has 144 valence electrons. The first-order chi connectivity index (χ1) is 13.7. The number of hydrogen-bond acceptors (Lipinski definition) is 6. The molecule has 0 unspecified atom stereocenters. The van der Waals surface area contributed by atoms with Crippen molar-refractivity contribution in [2.24, 2.45) is 0 Å². The van der Waals surface area contributed by atoms with Crippen LogP contribution in [0.4, 0.5) is 5.95 Å². The van der Waals surface area contributed by atoms with E-state index in [4.69, 9.17) is 13.9 Å². The summed E-state index contributed by atoms with van der Waals surface area (Å²) in [6, 6.07) is 11.2. The maximum atomic E-state index is 12.2. The van der Waals surface area contributed by atoms with Crippen molar-refractivity contribution in [1.29, 1.82) is 0 Å². The number of nitrogens with one attached hydrogen (secondary N) is 2. The molecule has 1 amide bonds. The fraction of sp³-hybridized carbons (Fsp3) is 0.211. The van der Waals surface area contributed by atoms with Gasteiger partial charge >= 0.3 is 0 Å². The highest BCUT2D eigenvalue weighted by molar-refractivity contribution is 5.91. The lowest BCUT2D eigenvalue weighted by atomic mass is 10.2. The Bertz CT molecular complexity index is 1070. The summed E-state index contributed by atoms with van der Waals surface area (Å²) in [5, 5.41) is 10.2. The van der Waals surface area contributed by atoms with Crippen LogP contribution in [0.15, 0.2) is 53.3 Å². The van der Waals surface area contributed by atoms with Crippen molar-refractivity contribution in [3.8, 4) is 17.3 Å². The molecule has 9 heteroatoms. The maximum Gasteiger partial charge on any atom is 0.264 e. The number of methoxy groups -OCH3 is 1. The molecule has 0 radical (unpaired) electrons. The van der Waals surface area contributed by atoms with Gasteiger partial charge in [-0.15, -0.1) is 5.10 Å². The number of aromatic amines is 1. The molecule has 0 aliphatic rings. The molecule has 0 atom stereocenters. The van der Waals surface area contributed by atoms with Crippen LogP contribution in [0.1, 0.15) is 0 Å². The monoisotopic (exact) mass is 381 g/mol. The van der Waals surface area contributed by atoms with Gasteiger partial charge in [0, 0.05) is 25.2 Å². The molecule has 4 aromatic rings. The van der Waals surface area contributed by atoms with Gasteiger partial charge in [-0.05, 0) is 30.3 Å². The Kier molecular flexibility index (Phi) is 5.07. The van der Waals surface area contributed by atoms with Gasteiger partial charge < -0.3 is 18.5 Å². The van der Waals surface area contributed by atoms with Gasteiger partial charge in [-0.25, -0.2) is 0 Å². The smallest absolute Gasteiger partial charge is 0.264 e. The minimum Gasteiger partial charge on any atom is -0.483 e. The number of anilines is 1. The Morgan fingerprint density at radius 3 is 3.04 bits per heavy atom. The second kappa shape index (κ2) is 7.97. The molecule has 0 fully saturated rings. The average molecular weight is 381 g/mol. The first-order valence-corrected chi connectivity index (χ1v) is 8.70. The standard InChI is InChI=1S/C19H19N5O4/c1-26-11-9-24-8-7-13-14(24)4-2-5-15(13)28-12-17(25)20-19-21-18(22-23-19)16-6-3-10-27-16/h2-8,10H,9,11-12H2,1H3,(H2,20,21,22,23,25). The predicted octanol–water partition coefficient (Wildman–Crippen LogP) is 2.68. The van der Waals surface area contributed by atoms with Gasteiger partial charge in [-0.1, -0.05) is 6.07 Å². The summed E-state index contributed by atoms with van der Waals surface area (Å²) in [6.07, 6.45) is 3.51. The molecule has 3 heterocycles. The minimum atomic E-state index is -0.360. The number of nitrogens with zero attached hydrogens (tertiary/aromatic N) is 3. The normalized spacial score (nSPS) is 11.0. The molecule has 4 rings (SSSR count). The van der Waals surface area contributed by atoms with Gasteiger partial charge in [0.1, 0.15) is 5.75 Å². The predicted molar refractivity (Wildman–Crippen MR) is 102 cm³/mol. The Labute approximate surface area is 160 Å². The maximum absolute atomic E-state index is 12.2. The molecular weight excluding hydrogens is 362 g/mol. The van der Waals surface area contributed by atoms with Gasteiger partial charge in [0.05, 0.1) is 18.4 Å². The molecule has 3 aromatic heterocycles. The lowest BCUT2D eigenvalue weighted by Crippen LogP contribution is -2.20. The minimum absolute atomic E-state index is 0.156. The fourth-order valence-corrected chi connectivity index (χ4v) is 2.85. The Morgan fingerprint density at radius 2 is 2.21 bits per heavy atom. The Hall–Kier alpha value is -3.59. The zero-order chi connectivity index (χ0) is 19.3. The van der Waals surface area contributed by atoms with Crippen molar-refractivity contribution in [3.63, 3.8) is 0 Å². The van der Waals surface area contributed by atoms with Crippen LogP contribution in [0.25, 0.3) is 22.5 Å². The van der Waals surface area contributed by atoms with E-state index in [1.165, 1.54) is 6.26 Å². The summed E-state index contributed by atoms with van der Waals surface area (Å²) in [6.45, 7) is 1.20. The van der Waals surface area contributed by atoms with Gasteiger partial charge in [0.25, 0.3) is 5.91 Å². The lowest BCUT2D eigenvalue weighted by Gasteiger charge is -2.08. The topological polar surface area (TPSA) is 107 Å². The molecule has 0 saturated carbocycles. The molecular formula is C19H19N5O4. The van der Waals surface area contributed by atoms with Crippen molar-refractivity contribution in [1.82, 2.24) is 19.7 Å². The third-order valence-electron chi connectivity index (χ3n) is 4.16. The number of amides is 1. The fourth-order valence-electron chi connectivity index (χ4n) is 2.85. The van der Waals surface area contributed by atoms with Crippen molar-refractivity contribution >= 4 is 22.8 Å². The molecule has 0 saturated heterocycles. The first-order valence-electron chi connectivity index (χ1n) is 8.70. The summed E-state index contributed by atoms with van der Waals surface area (Å²) in [7, 11) is 1.67. The van der Waals surface area contributed by atoms with E-state index in [2.05, 4.69) is 25.1 Å². The van der Waals surface area contributed by atoms with Crippen molar-refractivity contribution in [2.45, 2.75) is 6.54 Å². The number of benzene rings is 1. The SMILES string of the molecule is COCCn1ccc2c(OCC(=O)Nc3n[nH]c(-c4ccco4)n3)cccc21. The third kappa shape index (κ3) is 3.74. The second-order valence-corrected chi connectivity index (χ2v) is 6.01. The number of fused-ring (bicyclic) bond motifs is 1. The molecule has 0 aliphatic carbocycles. The number of H-pyrrole nitrogens is 1. The Balaban J connectivity index is 1.39. The van der Waals surface area contributed by atoms with Crippen LogP contribution in [0.5, 0.6) is 5.75 Å². The first kappa shape index (κ1) is 17.8. The molecule has 28 heavy (non-hydrogen) atoms. The number of furan rings is 1. The van der Waals surface area contributed by atoms with E-state index in [0.717, 1.165) is 17.4 Å². The molecule has 0 spiro atoms. The van der Waals surface area contributed by atoms with E-state index < -0.39 is 0 Å². The summed E-state index contributed by atoms with van der Waals surface area (Å²) < 4.78 is 18.1. The number of carbonyl (C=O) groups excluding carboxylic acids is 1. The summed E-state index contributed by atoms with van der Waals surface area (Å²) >= 11 is 0. The van der Waals surface area contributed by atoms with E-state index in [-0.39, 0.29) is 18.5 Å². The highest BCUT2D eigenvalue weighted by Crippen LogP contribution is 2.26. The molecule has 2 N–H and O–H groups in total. The average Bonchev–Trinajstić information content (AvgIpc) is 3.45. The number of carbonyl (C=O) groups is 1. The van der Waals surface area contributed by atoms with Crippen molar-refractivity contribution in [3.05, 3.63) is 48.9 Å². The van der Waals surface area contributed by atoms with Crippen LogP contribution in [0.2, 0.25) is 0 Å². The van der Waals surface area contributed by atoms with E-state index in [9.17, 15) is 4.79 Å². The highest BCUT2D eigenvalue weighted by atomic mass is 16.5. The Morgan fingerprint density at radius 1 is 1.29 bits per heavy atom. The number of aromatic nitrogens is 4. The molecule has 0 aliphatic heterocycles. The van der Waals surface area contributed by atoms with E-state index >= 15 is 0 Å². The lowest BCUT2D eigenvalue weighted by molar-refractivity contribution is -0.118. The third-order valence-corrected chi connectivity index (χ3v) is 4.16. The zero-order valence-electron chi connectivity index (χ0n) is 15.2. The molecule has 9 nitrogen and oxygen atoms in total. The van der Waals surface area contributed by atoms with E-state index in [1.54, 1.807) is 19.2 Å². The van der Waals surface area contributed by atoms with Gasteiger partial charge in [0.2, 0.25) is 5.95 Å². The largest absolute Gasteiger partial charge is 0.483 e.